The highest BCUT2D eigenvalue weighted by molar-refractivity contribution is 7.97. The zero-order valence-corrected chi connectivity index (χ0v) is 4.29. The van der Waals surface area contributed by atoms with E-state index in [1.165, 1.54) is 0 Å². The fourth-order valence-corrected chi connectivity index (χ4v) is 0.137. The molecule has 0 saturated heterocycles. The van der Waals surface area contributed by atoms with Gasteiger partial charge in [0.05, 0.1) is 6.92 Å². The highest BCUT2D eigenvalue weighted by Crippen LogP contribution is 2.09. The van der Waals surface area contributed by atoms with Gasteiger partial charge in [0.15, 0.2) is 0 Å². The second-order valence-electron chi connectivity index (χ2n) is 0.880. The topological polar surface area (TPSA) is 20.2 Å². The molecule has 0 atom stereocenters. The van der Waals surface area contributed by atoms with Crippen molar-refractivity contribution in [3.63, 3.8) is 0 Å². The van der Waals surface area contributed by atoms with E-state index in [4.69, 9.17) is 4.55 Å². The molecular formula is C4H7OS+. The van der Waals surface area contributed by atoms with Gasteiger partial charge >= 0.3 is 0 Å². The SMILES string of the molecule is C=C(C[CH2+])SO. The van der Waals surface area contributed by atoms with Gasteiger partial charge in [-0.1, -0.05) is 6.58 Å². The fourth-order valence-electron chi connectivity index (χ4n) is 0.0456. The summed E-state index contributed by atoms with van der Waals surface area (Å²) in [6.07, 6.45) is 0.598. The molecule has 0 heterocycles. The molecule has 0 aliphatic rings. The van der Waals surface area contributed by atoms with Crippen LogP contribution in [0, 0.1) is 6.92 Å². The minimum atomic E-state index is 0.598. The van der Waals surface area contributed by atoms with Crippen LogP contribution in [0.4, 0.5) is 0 Å². The Hall–Kier alpha value is -0.0800. The molecule has 1 nitrogen and oxygen atoms in total. The summed E-state index contributed by atoms with van der Waals surface area (Å²) in [5.74, 6) is 0. The number of rotatable bonds is 2. The van der Waals surface area contributed by atoms with Gasteiger partial charge in [-0.2, -0.15) is 0 Å². The van der Waals surface area contributed by atoms with E-state index in [2.05, 4.69) is 13.5 Å². The minimum absolute atomic E-state index is 0.598. The van der Waals surface area contributed by atoms with E-state index in [9.17, 15) is 0 Å². The van der Waals surface area contributed by atoms with Crippen molar-refractivity contribution >= 4 is 12.0 Å². The van der Waals surface area contributed by atoms with Gasteiger partial charge in [0.25, 0.3) is 0 Å². The molecule has 0 fully saturated rings. The summed E-state index contributed by atoms with van der Waals surface area (Å²) in [7, 11) is 0. The maximum Gasteiger partial charge on any atom is 0.117 e. The summed E-state index contributed by atoms with van der Waals surface area (Å²) in [6.45, 7) is 6.92. The zero-order valence-electron chi connectivity index (χ0n) is 3.48. The van der Waals surface area contributed by atoms with Gasteiger partial charge in [-0.05, 0) is 0 Å². The summed E-state index contributed by atoms with van der Waals surface area (Å²) >= 11 is 0.668. The first-order chi connectivity index (χ1) is 2.81. The van der Waals surface area contributed by atoms with Crippen molar-refractivity contribution in [2.45, 2.75) is 6.42 Å². The van der Waals surface area contributed by atoms with Crippen molar-refractivity contribution in [1.29, 1.82) is 0 Å². The largest absolute Gasteiger partial charge is 0.326 e. The molecule has 2 heteroatoms. The molecule has 0 aromatic heterocycles. The molecule has 0 aromatic rings. The van der Waals surface area contributed by atoms with E-state index in [1.54, 1.807) is 0 Å². The second kappa shape index (κ2) is 3.12. The first-order valence-corrected chi connectivity index (χ1v) is 2.37. The minimum Gasteiger partial charge on any atom is -0.326 e. The summed E-state index contributed by atoms with van der Waals surface area (Å²) in [5.41, 5.74) is 0. The molecular weight excluding hydrogens is 96.1 g/mol. The lowest BCUT2D eigenvalue weighted by molar-refractivity contribution is 0.668. The molecule has 0 unspecified atom stereocenters. The molecule has 0 amide bonds. The molecule has 1 N–H and O–H groups in total. The summed E-state index contributed by atoms with van der Waals surface area (Å²) < 4.78 is 8.11. The van der Waals surface area contributed by atoms with E-state index in [1.807, 2.05) is 0 Å². The van der Waals surface area contributed by atoms with Crippen molar-refractivity contribution in [2.75, 3.05) is 0 Å². The maximum atomic E-state index is 8.11. The van der Waals surface area contributed by atoms with Gasteiger partial charge < -0.3 is 4.55 Å². The van der Waals surface area contributed by atoms with Crippen LogP contribution in [-0.2, 0) is 0 Å². The van der Waals surface area contributed by atoms with Crippen LogP contribution < -0.4 is 0 Å². The highest BCUT2D eigenvalue weighted by atomic mass is 32.2. The van der Waals surface area contributed by atoms with Gasteiger partial charge in [0.1, 0.15) is 6.42 Å². The number of hydrogen-bond donors (Lipinski definition) is 1. The van der Waals surface area contributed by atoms with Crippen LogP contribution in [0.25, 0.3) is 0 Å². The average molecular weight is 103 g/mol. The standard InChI is InChI=1S/C4H6OS/c1-3-4(2)6-5/h1-3H2/p+1. The molecule has 0 aliphatic heterocycles. The van der Waals surface area contributed by atoms with E-state index >= 15 is 0 Å². The van der Waals surface area contributed by atoms with Crippen molar-refractivity contribution in [3.05, 3.63) is 18.4 Å². The summed E-state index contributed by atoms with van der Waals surface area (Å²) in [6, 6.07) is 0. The van der Waals surface area contributed by atoms with Gasteiger partial charge in [-0.25, -0.2) is 0 Å². The van der Waals surface area contributed by atoms with Crippen molar-refractivity contribution in [3.8, 4) is 0 Å². The molecule has 0 aromatic carbocycles. The Balaban J connectivity index is 2.99. The molecule has 0 saturated carbocycles. The average Bonchev–Trinajstić information content (AvgIpc) is 1.65. The smallest absolute Gasteiger partial charge is 0.117 e. The molecule has 0 radical (unpaired) electrons. The first kappa shape index (κ1) is 5.92. The summed E-state index contributed by atoms with van der Waals surface area (Å²) in [5, 5.41) is 0. The fraction of sp³-hybridized carbons (Fsp3) is 0.250. The third-order valence-electron chi connectivity index (χ3n) is 0.408. The predicted molar refractivity (Wildman–Crippen MR) is 29.3 cm³/mol. The van der Waals surface area contributed by atoms with Crippen LogP contribution >= 0.6 is 12.0 Å². The quantitative estimate of drug-likeness (QED) is 0.425. The Morgan fingerprint density at radius 2 is 2.50 bits per heavy atom. The van der Waals surface area contributed by atoms with Crippen molar-refractivity contribution in [2.24, 2.45) is 0 Å². The van der Waals surface area contributed by atoms with E-state index in [-0.39, 0.29) is 0 Å². The molecule has 0 rings (SSSR count). The van der Waals surface area contributed by atoms with E-state index in [0.29, 0.717) is 23.4 Å². The van der Waals surface area contributed by atoms with Crippen LogP contribution in [-0.4, -0.2) is 4.55 Å². The van der Waals surface area contributed by atoms with Crippen LogP contribution in [0.2, 0.25) is 0 Å². The molecule has 0 aliphatic carbocycles. The van der Waals surface area contributed by atoms with Gasteiger partial charge in [0.2, 0.25) is 0 Å². The normalized spacial score (nSPS) is 8.17. The Morgan fingerprint density at radius 3 is 2.50 bits per heavy atom. The Bertz CT molecular complexity index is 45.5. The lowest BCUT2D eigenvalue weighted by Crippen LogP contribution is -1.62. The number of allylic oxidation sites excluding steroid dienone is 1. The molecule has 34 valence electrons. The second-order valence-corrected chi connectivity index (χ2v) is 1.64. The monoisotopic (exact) mass is 103 g/mol. The Kier molecular flexibility index (Phi) is 3.08. The summed E-state index contributed by atoms with van der Waals surface area (Å²) in [4.78, 5) is 0.704. The van der Waals surface area contributed by atoms with E-state index in [0.717, 1.165) is 0 Å². The Morgan fingerprint density at radius 1 is 2.00 bits per heavy atom. The van der Waals surface area contributed by atoms with Crippen LogP contribution in [0.15, 0.2) is 11.5 Å². The van der Waals surface area contributed by atoms with Crippen molar-refractivity contribution < 1.29 is 4.55 Å². The lowest BCUT2D eigenvalue weighted by atomic mass is 10.5. The number of hydrogen-bond acceptors (Lipinski definition) is 2. The maximum absolute atomic E-state index is 8.11. The van der Waals surface area contributed by atoms with Gasteiger partial charge in [-0.15, -0.1) is 0 Å². The highest BCUT2D eigenvalue weighted by Gasteiger charge is 1.87. The van der Waals surface area contributed by atoms with Crippen molar-refractivity contribution in [1.82, 2.24) is 0 Å². The van der Waals surface area contributed by atoms with Gasteiger partial charge in [-0.3, -0.25) is 0 Å². The lowest BCUT2D eigenvalue weighted by Gasteiger charge is -1.81. The first-order valence-electron chi connectivity index (χ1n) is 1.59. The Labute approximate surface area is 42.3 Å². The van der Waals surface area contributed by atoms with Crippen LogP contribution in [0.3, 0.4) is 0 Å². The molecule has 0 bridgehead atoms. The predicted octanol–water partition coefficient (Wildman–Crippen LogP) is 1.93. The van der Waals surface area contributed by atoms with Crippen LogP contribution in [0.5, 0.6) is 0 Å². The third kappa shape index (κ3) is 2.18. The zero-order chi connectivity index (χ0) is 4.99. The van der Waals surface area contributed by atoms with E-state index < -0.39 is 0 Å². The third-order valence-corrected chi connectivity index (χ3v) is 0.870. The molecule has 6 heavy (non-hydrogen) atoms. The van der Waals surface area contributed by atoms with Gasteiger partial charge in [0, 0.05) is 16.9 Å². The van der Waals surface area contributed by atoms with Crippen LogP contribution in [0.1, 0.15) is 6.42 Å². The molecule has 0 spiro atoms.